The SMILES string of the molecule is OCCn1ncnc1CCc1c[nH]c2ccccc12. The van der Waals surface area contributed by atoms with E-state index in [-0.39, 0.29) is 6.61 Å². The van der Waals surface area contributed by atoms with Crippen LogP contribution < -0.4 is 0 Å². The standard InChI is InChI=1S/C14H16N4O/c19-8-7-18-14(16-10-17-18)6-5-11-9-15-13-4-2-1-3-12(11)13/h1-4,9-10,15,19H,5-8H2. The van der Waals surface area contributed by atoms with E-state index in [4.69, 9.17) is 5.11 Å². The number of H-pyrrole nitrogens is 1. The van der Waals surface area contributed by atoms with E-state index >= 15 is 0 Å². The first-order valence-electron chi connectivity index (χ1n) is 6.41. The molecule has 3 aromatic rings. The van der Waals surface area contributed by atoms with Crippen molar-refractivity contribution in [3.8, 4) is 0 Å². The molecular weight excluding hydrogens is 240 g/mol. The van der Waals surface area contributed by atoms with E-state index in [0.717, 1.165) is 24.2 Å². The summed E-state index contributed by atoms with van der Waals surface area (Å²) in [6.45, 7) is 0.590. The summed E-state index contributed by atoms with van der Waals surface area (Å²) in [4.78, 5) is 7.52. The molecule has 0 aliphatic carbocycles. The molecule has 0 aliphatic rings. The molecule has 1 aromatic carbocycles. The van der Waals surface area contributed by atoms with Crippen molar-refractivity contribution in [3.05, 3.63) is 48.2 Å². The summed E-state index contributed by atoms with van der Waals surface area (Å²) in [5.74, 6) is 0.916. The van der Waals surface area contributed by atoms with Crippen molar-refractivity contribution in [1.29, 1.82) is 0 Å². The van der Waals surface area contributed by atoms with Crippen molar-refractivity contribution in [1.82, 2.24) is 19.7 Å². The highest BCUT2D eigenvalue weighted by atomic mass is 16.3. The van der Waals surface area contributed by atoms with Gasteiger partial charge in [-0.15, -0.1) is 0 Å². The molecule has 19 heavy (non-hydrogen) atoms. The summed E-state index contributed by atoms with van der Waals surface area (Å²) < 4.78 is 1.76. The number of aromatic amines is 1. The van der Waals surface area contributed by atoms with Crippen LogP contribution in [0.1, 0.15) is 11.4 Å². The summed E-state index contributed by atoms with van der Waals surface area (Å²) in [5.41, 5.74) is 2.45. The van der Waals surface area contributed by atoms with Crippen molar-refractivity contribution in [2.45, 2.75) is 19.4 Å². The Kier molecular flexibility index (Phi) is 3.29. The zero-order chi connectivity index (χ0) is 13.1. The Hall–Kier alpha value is -2.14. The minimum atomic E-state index is 0.0868. The van der Waals surface area contributed by atoms with E-state index in [1.807, 2.05) is 12.1 Å². The number of nitrogens with one attached hydrogen (secondary N) is 1. The number of aliphatic hydroxyl groups excluding tert-OH is 1. The molecule has 0 aliphatic heterocycles. The number of hydrogen-bond acceptors (Lipinski definition) is 3. The number of nitrogens with zero attached hydrogens (tertiary/aromatic N) is 3. The van der Waals surface area contributed by atoms with E-state index in [1.54, 1.807) is 11.0 Å². The molecule has 0 radical (unpaired) electrons. The van der Waals surface area contributed by atoms with Gasteiger partial charge in [0.05, 0.1) is 13.2 Å². The zero-order valence-corrected chi connectivity index (χ0v) is 10.6. The van der Waals surface area contributed by atoms with Crippen LogP contribution in [0, 0.1) is 0 Å². The Morgan fingerprint density at radius 1 is 1.21 bits per heavy atom. The molecule has 0 spiro atoms. The number of fused-ring (bicyclic) bond motifs is 1. The maximum atomic E-state index is 8.96. The first-order valence-corrected chi connectivity index (χ1v) is 6.41. The Bertz CT molecular complexity index is 671. The van der Waals surface area contributed by atoms with Gasteiger partial charge in [-0.3, -0.25) is 0 Å². The van der Waals surface area contributed by atoms with Gasteiger partial charge in [-0.25, -0.2) is 9.67 Å². The minimum Gasteiger partial charge on any atom is -0.394 e. The van der Waals surface area contributed by atoms with E-state index in [9.17, 15) is 0 Å². The predicted octanol–water partition coefficient (Wildman–Crippen LogP) is 1.54. The first kappa shape index (κ1) is 11.9. The van der Waals surface area contributed by atoms with E-state index in [1.165, 1.54) is 10.9 Å². The largest absolute Gasteiger partial charge is 0.394 e. The summed E-state index contributed by atoms with van der Waals surface area (Å²) in [7, 11) is 0. The summed E-state index contributed by atoms with van der Waals surface area (Å²) in [6.07, 6.45) is 5.33. The van der Waals surface area contributed by atoms with Crippen LogP contribution in [0.2, 0.25) is 0 Å². The van der Waals surface area contributed by atoms with Crippen LogP contribution in [-0.2, 0) is 19.4 Å². The molecule has 2 heterocycles. The fourth-order valence-corrected chi connectivity index (χ4v) is 2.35. The maximum absolute atomic E-state index is 8.96. The summed E-state index contributed by atoms with van der Waals surface area (Å²) >= 11 is 0. The topological polar surface area (TPSA) is 66.7 Å². The lowest BCUT2D eigenvalue weighted by atomic mass is 10.1. The number of aromatic nitrogens is 4. The lowest BCUT2D eigenvalue weighted by Crippen LogP contribution is -2.09. The molecule has 3 rings (SSSR count). The second-order valence-electron chi connectivity index (χ2n) is 4.48. The van der Waals surface area contributed by atoms with Crippen LogP contribution in [0.25, 0.3) is 10.9 Å². The highest BCUT2D eigenvalue weighted by Gasteiger charge is 2.07. The normalized spacial score (nSPS) is 11.2. The third-order valence-corrected chi connectivity index (χ3v) is 3.30. The number of aliphatic hydroxyl groups is 1. The molecule has 98 valence electrons. The van der Waals surface area contributed by atoms with Crippen molar-refractivity contribution in [2.24, 2.45) is 0 Å². The molecule has 0 saturated carbocycles. The highest BCUT2D eigenvalue weighted by molar-refractivity contribution is 5.83. The highest BCUT2D eigenvalue weighted by Crippen LogP contribution is 2.19. The van der Waals surface area contributed by atoms with Crippen LogP contribution in [0.15, 0.2) is 36.8 Å². The van der Waals surface area contributed by atoms with Crippen molar-refractivity contribution in [3.63, 3.8) is 0 Å². The van der Waals surface area contributed by atoms with E-state index in [0.29, 0.717) is 6.54 Å². The molecule has 0 amide bonds. The summed E-state index contributed by atoms with van der Waals surface area (Å²) in [5, 5.41) is 14.3. The molecule has 2 N–H and O–H groups in total. The second kappa shape index (κ2) is 5.24. The average molecular weight is 256 g/mol. The lowest BCUT2D eigenvalue weighted by molar-refractivity contribution is 0.267. The number of aryl methyl sites for hydroxylation is 2. The monoisotopic (exact) mass is 256 g/mol. The molecule has 0 fully saturated rings. The Labute approximate surface area is 110 Å². The van der Waals surface area contributed by atoms with E-state index < -0.39 is 0 Å². The predicted molar refractivity (Wildman–Crippen MR) is 72.8 cm³/mol. The van der Waals surface area contributed by atoms with E-state index in [2.05, 4.69) is 33.4 Å². The van der Waals surface area contributed by atoms with Crippen LogP contribution in [-0.4, -0.2) is 31.5 Å². The van der Waals surface area contributed by atoms with Crippen LogP contribution in [0.4, 0.5) is 0 Å². The average Bonchev–Trinajstić information content (AvgIpc) is 3.04. The second-order valence-corrected chi connectivity index (χ2v) is 4.48. The minimum absolute atomic E-state index is 0.0868. The van der Waals surface area contributed by atoms with Gasteiger partial charge in [-0.1, -0.05) is 18.2 Å². The molecule has 0 bridgehead atoms. The number of hydrogen-bond donors (Lipinski definition) is 2. The van der Waals surface area contributed by atoms with Gasteiger partial charge in [0.1, 0.15) is 12.2 Å². The van der Waals surface area contributed by atoms with Gasteiger partial charge in [0.2, 0.25) is 0 Å². The summed E-state index contributed by atoms with van der Waals surface area (Å²) in [6, 6.07) is 8.28. The third-order valence-electron chi connectivity index (χ3n) is 3.30. The first-order chi connectivity index (χ1) is 9.38. The Morgan fingerprint density at radius 2 is 2.11 bits per heavy atom. The molecular formula is C14H16N4O. The van der Waals surface area contributed by atoms with Gasteiger partial charge in [-0.2, -0.15) is 5.10 Å². The van der Waals surface area contributed by atoms with Crippen molar-refractivity contribution in [2.75, 3.05) is 6.61 Å². The van der Waals surface area contributed by atoms with Crippen LogP contribution in [0.5, 0.6) is 0 Å². The van der Waals surface area contributed by atoms with Gasteiger partial charge >= 0.3 is 0 Å². The van der Waals surface area contributed by atoms with Gasteiger partial charge in [0.15, 0.2) is 0 Å². The molecule has 0 atom stereocenters. The molecule has 0 unspecified atom stereocenters. The van der Waals surface area contributed by atoms with Gasteiger partial charge < -0.3 is 10.1 Å². The lowest BCUT2D eigenvalue weighted by Gasteiger charge is -2.03. The maximum Gasteiger partial charge on any atom is 0.138 e. The van der Waals surface area contributed by atoms with Crippen LogP contribution >= 0.6 is 0 Å². The molecule has 0 saturated heterocycles. The Balaban J connectivity index is 1.77. The molecule has 5 nitrogen and oxygen atoms in total. The van der Waals surface area contributed by atoms with Gasteiger partial charge in [0.25, 0.3) is 0 Å². The van der Waals surface area contributed by atoms with Crippen molar-refractivity contribution < 1.29 is 5.11 Å². The number of para-hydroxylation sites is 1. The number of benzene rings is 1. The van der Waals surface area contributed by atoms with Gasteiger partial charge in [0, 0.05) is 23.5 Å². The smallest absolute Gasteiger partial charge is 0.138 e. The zero-order valence-electron chi connectivity index (χ0n) is 10.6. The third kappa shape index (κ3) is 2.37. The van der Waals surface area contributed by atoms with Gasteiger partial charge in [-0.05, 0) is 18.1 Å². The molecule has 5 heteroatoms. The quantitative estimate of drug-likeness (QED) is 0.727. The van der Waals surface area contributed by atoms with Crippen LogP contribution in [0.3, 0.4) is 0 Å². The number of rotatable bonds is 5. The van der Waals surface area contributed by atoms with Crippen molar-refractivity contribution >= 4 is 10.9 Å². The molecule has 2 aromatic heterocycles. The fraction of sp³-hybridized carbons (Fsp3) is 0.286. The Morgan fingerprint density at radius 3 is 3.00 bits per heavy atom. The fourth-order valence-electron chi connectivity index (χ4n) is 2.35.